The molecule has 5 heteroatoms. The van der Waals surface area contributed by atoms with Gasteiger partial charge in [0, 0.05) is 44.2 Å². The minimum Gasteiger partial charge on any atom is -0.497 e. The Morgan fingerprint density at radius 1 is 0.639 bits per heavy atom. The molecule has 302 valence electrons. The maximum absolute atomic E-state index is 11.9. The van der Waals surface area contributed by atoms with Crippen LogP contribution in [0.2, 0.25) is 0 Å². The van der Waals surface area contributed by atoms with Gasteiger partial charge in [0.15, 0.2) is 5.60 Å². The number of carbonyl (C=O) groups is 1. The fraction of sp³-hybridized carbons (Fsp3) is 0.232. The van der Waals surface area contributed by atoms with Crippen molar-refractivity contribution >= 4 is 34.9 Å². The van der Waals surface area contributed by atoms with Crippen molar-refractivity contribution in [3.8, 4) is 28.4 Å². The largest absolute Gasteiger partial charge is 0.497 e. The third-order valence-corrected chi connectivity index (χ3v) is 15.0. The minimum atomic E-state index is -1.01. The molecular formula is C56H48O4S. The zero-order valence-electron chi connectivity index (χ0n) is 35.3. The molecule has 2 aliphatic heterocycles. The summed E-state index contributed by atoms with van der Waals surface area (Å²) in [5.41, 5.74) is 10.1. The first kappa shape index (κ1) is 37.9. The van der Waals surface area contributed by atoms with E-state index in [9.17, 15) is 4.79 Å². The van der Waals surface area contributed by atoms with Crippen LogP contribution in [0.15, 0.2) is 157 Å². The highest BCUT2D eigenvalue weighted by molar-refractivity contribution is 8.00. The molecule has 1 atom stereocenters. The van der Waals surface area contributed by atoms with E-state index >= 15 is 0 Å². The molecule has 4 nitrogen and oxygen atoms in total. The number of rotatable bonds is 6. The molecule has 0 saturated heterocycles. The Bertz CT molecular complexity index is 2860. The molecule has 1 unspecified atom stereocenters. The average Bonchev–Trinajstić information content (AvgIpc) is 3.79. The maximum atomic E-state index is 11.9. The van der Waals surface area contributed by atoms with Crippen molar-refractivity contribution in [2.75, 3.05) is 7.11 Å². The lowest BCUT2D eigenvalue weighted by Gasteiger charge is -2.52. The first-order valence-corrected chi connectivity index (χ1v) is 22.2. The summed E-state index contributed by atoms with van der Waals surface area (Å²) in [5, 5.41) is 2.18. The van der Waals surface area contributed by atoms with Gasteiger partial charge in [0.1, 0.15) is 23.5 Å². The number of methoxy groups -OCH3 is 1. The third-order valence-electron chi connectivity index (χ3n) is 13.6. The van der Waals surface area contributed by atoms with Crippen LogP contribution in [0.3, 0.4) is 0 Å². The Labute approximate surface area is 362 Å². The van der Waals surface area contributed by atoms with Gasteiger partial charge in [-0.1, -0.05) is 167 Å². The first-order valence-electron chi connectivity index (χ1n) is 21.3. The van der Waals surface area contributed by atoms with E-state index in [1.54, 1.807) is 18.9 Å². The molecule has 7 aromatic rings. The highest BCUT2D eigenvalue weighted by Crippen LogP contribution is 2.68. The second kappa shape index (κ2) is 13.5. The Kier molecular flexibility index (Phi) is 8.38. The summed E-state index contributed by atoms with van der Waals surface area (Å²) in [5.74, 6) is 2.50. The van der Waals surface area contributed by atoms with Gasteiger partial charge in [0.2, 0.25) is 4.93 Å². The van der Waals surface area contributed by atoms with Crippen LogP contribution in [0.1, 0.15) is 96.3 Å². The number of hydrogen-bond donors (Lipinski definition) is 0. The van der Waals surface area contributed by atoms with Crippen LogP contribution in [0.25, 0.3) is 28.0 Å². The van der Waals surface area contributed by atoms with Crippen LogP contribution in [0.5, 0.6) is 17.2 Å². The summed E-state index contributed by atoms with van der Waals surface area (Å²) in [4.78, 5) is 12.2. The summed E-state index contributed by atoms with van der Waals surface area (Å²) in [7, 11) is 1.69. The molecule has 0 aromatic heterocycles. The fourth-order valence-electron chi connectivity index (χ4n) is 12.0. The van der Waals surface area contributed by atoms with Gasteiger partial charge in [-0.2, -0.15) is 0 Å². The van der Waals surface area contributed by atoms with E-state index in [2.05, 4.69) is 149 Å². The number of thioether (sulfide) groups is 1. The van der Waals surface area contributed by atoms with Crippen molar-refractivity contribution < 1.29 is 19.0 Å². The number of ether oxygens (including phenoxy) is 3. The van der Waals surface area contributed by atoms with Gasteiger partial charge in [0.25, 0.3) is 0 Å². The fourth-order valence-corrected chi connectivity index (χ4v) is 13.3. The molecule has 0 bridgehead atoms. The van der Waals surface area contributed by atoms with Gasteiger partial charge in [-0.25, -0.2) is 0 Å². The molecular weight excluding hydrogens is 769 g/mol. The predicted octanol–water partition coefficient (Wildman–Crippen LogP) is 13.9. The zero-order valence-corrected chi connectivity index (χ0v) is 36.1. The van der Waals surface area contributed by atoms with E-state index < -0.39 is 10.5 Å². The van der Waals surface area contributed by atoms with E-state index in [-0.39, 0.29) is 16.2 Å². The summed E-state index contributed by atoms with van der Waals surface area (Å²) < 4.78 is 20.8. The molecule has 1 spiro atoms. The number of carbonyl (C=O) groups excluding carboxylic acids is 1. The molecule has 0 N–H and O–H groups in total. The molecule has 2 heterocycles. The van der Waals surface area contributed by atoms with Gasteiger partial charge in [0.05, 0.1) is 12.0 Å². The Morgan fingerprint density at radius 3 is 1.87 bits per heavy atom. The Morgan fingerprint density at radius 2 is 1.25 bits per heavy atom. The number of hydrogen-bond acceptors (Lipinski definition) is 5. The van der Waals surface area contributed by atoms with Crippen molar-refractivity contribution in [1.82, 2.24) is 0 Å². The second-order valence-corrected chi connectivity index (χ2v) is 20.2. The molecule has 0 radical (unpaired) electrons. The minimum absolute atomic E-state index is 0.0907. The van der Waals surface area contributed by atoms with E-state index in [0.29, 0.717) is 5.56 Å². The summed E-state index contributed by atoms with van der Waals surface area (Å²) in [6, 6.07) is 51.0. The smallest absolute Gasteiger partial charge is 0.210 e. The lowest BCUT2D eigenvalue weighted by molar-refractivity contribution is 0.0641. The highest BCUT2D eigenvalue weighted by atomic mass is 32.2. The quantitative estimate of drug-likeness (QED) is 0.156. The monoisotopic (exact) mass is 816 g/mol. The van der Waals surface area contributed by atoms with Crippen LogP contribution < -0.4 is 14.2 Å². The van der Waals surface area contributed by atoms with Crippen LogP contribution in [-0.2, 0) is 15.9 Å². The van der Waals surface area contributed by atoms with Crippen LogP contribution in [0, 0.1) is 10.8 Å². The van der Waals surface area contributed by atoms with E-state index in [4.69, 9.17) is 14.2 Å². The Hall–Kier alpha value is -6.04. The van der Waals surface area contributed by atoms with Gasteiger partial charge in [-0.05, 0) is 88.1 Å². The van der Waals surface area contributed by atoms with Crippen molar-refractivity contribution in [3.05, 3.63) is 196 Å². The topological polar surface area (TPSA) is 44.8 Å². The van der Waals surface area contributed by atoms with Crippen LogP contribution in [-0.4, -0.2) is 13.4 Å². The van der Waals surface area contributed by atoms with Gasteiger partial charge < -0.3 is 14.2 Å². The number of aldehydes is 1. The van der Waals surface area contributed by atoms with Gasteiger partial charge in [-0.15, -0.1) is 0 Å². The molecule has 1 fully saturated rings. The average molecular weight is 817 g/mol. The van der Waals surface area contributed by atoms with Crippen molar-refractivity contribution in [1.29, 1.82) is 0 Å². The molecule has 1 saturated carbocycles. The summed E-state index contributed by atoms with van der Waals surface area (Å²) in [6.07, 6.45) is 8.70. The molecule has 0 amide bonds. The normalized spacial score (nSPS) is 20.5. The first-order chi connectivity index (χ1) is 29.5. The van der Waals surface area contributed by atoms with Crippen molar-refractivity contribution in [2.45, 2.75) is 67.8 Å². The van der Waals surface area contributed by atoms with Gasteiger partial charge >= 0.3 is 0 Å². The molecule has 2 aliphatic carbocycles. The summed E-state index contributed by atoms with van der Waals surface area (Å²) in [6.45, 7) is 9.83. The molecule has 7 aromatic carbocycles. The lowest BCUT2D eigenvalue weighted by Crippen LogP contribution is -2.44. The predicted molar refractivity (Wildman–Crippen MR) is 247 cm³/mol. The lowest BCUT2D eigenvalue weighted by atomic mass is 9.52. The van der Waals surface area contributed by atoms with Gasteiger partial charge in [-0.3, -0.25) is 4.79 Å². The van der Waals surface area contributed by atoms with E-state index in [1.807, 2.05) is 36.4 Å². The van der Waals surface area contributed by atoms with Crippen LogP contribution in [0.4, 0.5) is 0 Å². The van der Waals surface area contributed by atoms with Crippen LogP contribution >= 0.6 is 11.8 Å². The Balaban J connectivity index is 1.23. The van der Waals surface area contributed by atoms with E-state index in [0.717, 1.165) is 86.3 Å². The number of benzene rings is 7. The van der Waals surface area contributed by atoms with E-state index in [1.165, 1.54) is 22.3 Å². The highest BCUT2D eigenvalue weighted by Gasteiger charge is 2.56. The second-order valence-electron chi connectivity index (χ2n) is 19.0. The molecule has 4 aliphatic rings. The third kappa shape index (κ3) is 5.69. The van der Waals surface area contributed by atoms with Crippen molar-refractivity contribution in [3.63, 3.8) is 0 Å². The summed E-state index contributed by atoms with van der Waals surface area (Å²) >= 11 is 1.75. The van der Waals surface area contributed by atoms with Crippen molar-refractivity contribution in [2.24, 2.45) is 10.8 Å². The zero-order chi connectivity index (χ0) is 41.8. The maximum Gasteiger partial charge on any atom is 0.210 e. The molecule has 61 heavy (non-hydrogen) atoms. The SMILES string of the molecule is COc1ccc(C2(c3ccc(C=O)cc3)C=Cc3c4c(c5cc6c(cc5c3O2)SC(c2ccccc2)(c2ccccc2)O6)-c2ccccc2C42CC(C)(C)CC(C)(C)C2)cc1. The number of fused-ring (bicyclic) bond motifs is 11. The standard InChI is InChI=1S/C56H48O4S/c1-52(2)33-53(3,4)35-54(34-52)46-19-13-12-18-42(46)49-44-30-47-48(61-56(59-47,39-14-8-6-9-15-39)40-16-10-7-11-17-40)31-45(44)51-43(50(49)54)28-29-55(60-51,37-22-20-36(32-57)21-23-37)38-24-26-41(58-5)27-25-38/h6-32H,33-35H2,1-5H3. The molecule has 11 rings (SSSR count).